The summed E-state index contributed by atoms with van der Waals surface area (Å²) in [5.41, 5.74) is 4.78. The van der Waals surface area contributed by atoms with Crippen molar-refractivity contribution in [1.82, 2.24) is 36.0 Å². The van der Waals surface area contributed by atoms with Crippen molar-refractivity contribution in [1.29, 1.82) is 0 Å². The van der Waals surface area contributed by atoms with Crippen LogP contribution in [0.4, 0.5) is 21.0 Å². The zero-order chi connectivity index (χ0) is 50.5. The number of imide groups is 1. The minimum Gasteiger partial charge on any atom is -0.445 e. The molecule has 0 aliphatic carbocycles. The minimum atomic E-state index is -1.10. The molecule has 3 aromatic rings. The Morgan fingerprint density at radius 3 is 2.34 bits per heavy atom. The van der Waals surface area contributed by atoms with Crippen LogP contribution in [0.2, 0.25) is 0 Å². The number of aliphatic hydroxyl groups excluding tert-OH is 1. The average molecular weight is 984 g/mol. The molecular weight excluding hydrogens is 927 g/mol. The van der Waals surface area contributed by atoms with Crippen LogP contribution in [0.5, 0.6) is 0 Å². The third-order valence-electron chi connectivity index (χ3n) is 11.7. The molecule has 3 aliphatic rings. The summed E-state index contributed by atoms with van der Waals surface area (Å²) in [5, 5.41) is 25.5. The lowest BCUT2D eigenvalue weighted by Crippen LogP contribution is -2.52. The molecule has 3 aromatic carbocycles. The lowest BCUT2D eigenvalue weighted by Gasteiger charge is -2.29. The molecule has 10 amide bonds. The number of ether oxygens (including phenoxy) is 2. The fourth-order valence-corrected chi connectivity index (χ4v) is 8.31. The van der Waals surface area contributed by atoms with Gasteiger partial charge in [-0.05, 0) is 91.6 Å². The van der Waals surface area contributed by atoms with Gasteiger partial charge in [0.15, 0.2) is 0 Å². The van der Waals surface area contributed by atoms with Crippen LogP contribution < -0.4 is 31.9 Å². The van der Waals surface area contributed by atoms with Gasteiger partial charge < -0.3 is 55.9 Å². The molecule has 0 aromatic heterocycles. The number of carbonyl (C=O) groups is 9. The molecule has 0 saturated carbocycles. The number of amides is 10. The number of rotatable bonds is 21. The van der Waals surface area contributed by atoms with E-state index in [2.05, 4.69) is 31.9 Å². The Balaban J connectivity index is 0.832. The first-order valence-electron chi connectivity index (χ1n) is 22.6. The second-order valence-corrected chi connectivity index (χ2v) is 17.7. The average Bonchev–Trinajstić information content (AvgIpc) is 3.84. The van der Waals surface area contributed by atoms with Gasteiger partial charge in [-0.1, -0.05) is 30.3 Å². The maximum atomic E-state index is 13.0. The summed E-state index contributed by atoms with van der Waals surface area (Å²) in [6.45, 7) is 4.30. The highest BCUT2D eigenvalue weighted by molar-refractivity contribution is 7.98. The number of anilines is 2. The largest absolute Gasteiger partial charge is 0.445 e. The number of hydrogen-bond donors (Lipinski definition) is 7. The monoisotopic (exact) mass is 983 g/mol. The Hall–Kier alpha value is -7.30. The summed E-state index contributed by atoms with van der Waals surface area (Å²) in [6.07, 6.45) is 3.75. The molecule has 7 N–H and O–H groups in total. The number of carbonyl (C=O) groups excluding carboxylic acids is 9. The van der Waals surface area contributed by atoms with Crippen molar-refractivity contribution < 1.29 is 57.7 Å². The zero-order valence-electron chi connectivity index (χ0n) is 39.2. The lowest BCUT2D eigenvalue weighted by molar-refractivity contribution is -0.137. The van der Waals surface area contributed by atoms with Gasteiger partial charge in [0.05, 0.1) is 13.2 Å². The standard InChI is InChI=1S/C48H57N9O12S/c1-28(50-40(59)17-19-56-41(60)15-16-42(56)61)43(62)51-29(2)44(63)52-34-9-5-30(6-10-34)27-69-48(67)55(3)20-22-68-21-18-32-8-11-35(24-38(32)70-4)53-47(66)49-25-31-7-12-36-33(23-31)26-57(46(36)65)37-13-14-39(58)54-45(37)64/h5-12,15-16,23-24,28-29,37,41,60H,13-14,17-22,25-27H2,1-4H3,(H,50,59)(H,51,62)(H,52,63)(H2,49,53,66)(H,54,58,64)/t28-,29-,37?,41?/m0/s1. The molecule has 0 radical (unpaired) electrons. The van der Waals surface area contributed by atoms with Gasteiger partial charge in [-0.3, -0.25) is 38.9 Å². The van der Waals surface area contributed by atoms with Crippen LogP contribution in [0.15, 0.2) is 77.7 Å². The summed E-state index contributed by atoms with van der Waals surface area (Å²) in [5.74, 6) is -3.08. The highest BCUT2D eigenvalue weighted by atomic mass is 32.2. The van der Waals surface area contributed by atoms with E-state index in [1.165, 1.54) is 47.6 Å². The van der Waals surface area contributed by atoms with Crippen molar-refractivity contribution in [3.05, 3.63) is 101 Å². The van der Waals surface area contributed by atoms with Crippen LogP contribution in [0.3, 0.4) is 0 Å². The van der Waals surface area contributed by atoms with E-state index < -0.39 is 66.0 Å². The number of thioether (sulfide) groups is 1. The van der Waals surface area contributed by atoms with E-state index in [1.54, 1.807) is 49.5 Å². The molecule has 4 atom stereocenters. The predicted octanol–water partition coefficient (Wildman–Crippen LogP) is 2.37. The molecule has 0 spiro atoms. The predicted molar refractivity (Wildman–Crippen MR) is 256 cm³/mol. The summed E-state index contributed by atoms with van der Waals surface area (Å²) in [4.78, 5) is 117. The number of piperidine rings is 1. The second-order valence-electron chi connectivity index (χ2n) is 16.8. The van der Waals surface area contributed by atoms with Gasteiger partial charge in [0.1, 0.15) is 31.0 Å². The first-order chi connectivity index (χ1) is 33.5. The summed E-state index contributed by atoms with van der Waals surface area (Å²) < 4.78 is 11.3. The molecule has 21 nitrogen and oxygen atoms in total. The Bertz CT molecular complexity index is 2520. The van der Waals surface area contributed by atoms with Crippen molar-refractivity contribution in [2.45, 2.75) is 88.5 Å². The lowest BCUT2D eigenvalue weighted by atomic mass is 10.0. The van der Waals surface area contributed by atoms with Crippen LogP contribution in [0.25, 0.3) is 0 Å². The molecular formula is C48H57N9O12S. The number of benzene rings is 3. The number of nitrogens with zero attached hydrogens (tertiary/aromatic N) is 3. The maximum absolute atomic E-state index is 13.0. The third kappa shape index (κ3) is 14.1. The zero-order valence-corrected chi connectivity index (χ0v) is 40.0. The van der Waals surface area contributed by atoms with Crippen LogP contribution in [-0.2, 0) is 64.4 Å². The molecule has 70 heavy (non-hydrogen) atoms. The van der Waals surface area contributed by atoms with Gasteiger partial charge in [-0.15, -0.1) is 11.8 Å². The molecule has 0 bridgehead atoms. The van der Waals surface area contributed by atoms with Gasteiger partial charge in [0, 0.05) is 74.0 Å². The van der Waals surface area contributed by atoms with Gasteiger partial charge in [-0.25, -0.2) is 9.59 Å². The first-order valence-corrected chi connectivity index (χ1v) is 23.8. The molecule has 372 valence electrons. The highest BCUT2D eigenvalue weighted by Gasteiger charge is 2.39. The van der Waals surface area contributed by atoms with Gasteiger partial charge in [0.25, 0.3) is 5.91 Å². The maximum Gasteiger partial charge on any atom is 0.409 e. The van der Waals surface area contributed by atoms with Gasteiger partial charge in [0.2, 0.25) is 35.4 Å². The van der Waals surface area contributed by atoms with Crippen LogP contribution in [0.1, 0.15) is 65.7 Å². The fraction of sp³-hybridized carbons (Fsp3) is 0.396. The number of hydrogen-bond acceptors (Lipinski definition) is 13. The van der Waals surface area contributed by atoms with E-state index in [-0.39, 0.29) is 70.5 Å². The van der Waals surface area contributed by atoms with E-state index in [9.17, 15) is 48.3 Å². The van der Waals surface area contributed by atoms with E-state index >= 15 is 0 Å². The Labute approximate surface area is 408 Å². The van der Waals surface area contributed by atoms with Gasteiger partial charge >= 0.3 is 12.1 Å². The SMILES string of the molecule is CSc1cc(NC(=O)NCc2ccc3c(c2)CN(C2CCC(=O)NC2=O)C3=O)ccc1CCOCCN(C)C(=O)OCc1ccc(NC(=O)[C@H](C)NC(=O)[C@H](C)NC(=O)CCN2C(=O)C=CC2O)cc1. The minimum absolute atomic E-state index is 0.0173. The Morgan fingerprint density at radius 1 is 0.900 bits per heavy atom. The smallest absolute Gasteiger partial charge is 0.409 e. The van der Waals surface area contributed by atoms with Crippen molar-refractivity contribution in [3.63, 3.8) is 0 Å². The highest BCUT2D eigenvalue weighted by Crippen LogP contribution is 2.29. The normalized spacial score (nSPS) is 17.0. The molecule has 22 heteroatoms. The quantitative estimate of drug-likeness (QED) is 0.0460. The molecule has 3 heterocycles. The Kier molecular flexibility index (Phi) is 18.1. The summed E-state index contributed by atoms with van der Waals surface area (Å²) >= 11 is 1.53. The number of likely N-dealkylation sites (N-methyl/N-ethyl adjacent to an activating group) is 1. The molecule has 1 saturated heterocycles. The summed E-state index contributed by atoms with van der Waals surface area (Å²) in [6, 6.07) is 14.5. The van der Waals surface area contributed by atoms with Crippen LogP contribution >= 0.6 is 11.8 Å². The third-order valence-corrected chi connectivity index (χ3v) is 12.5. The van der Waals surface area contributed by atoms with Crippen molar-refractivity contribution in [2.24, 2.45) is 0 Å². The van der Waals surface area contributed by atoms with Crippen LogP contribution in [-0.4, -0.2) is 137 Å². The van der Waals surface area contributed by atoms with Crippen LogP contribution in [0, 0.1) is 0 Å². The van der Waals surface area contributed by atoms with Crippen molar-refractivity contribution in [2.75, 3.05) is 50.2 Å². The first kappa shape index (κ1) is 52.1. The number of fused-ring (bicyclic) bond motifs is 1. The number of aliphatic hydroxyl groups is 1. The number of urea groups is 1. The van der Waals surface area contributed by atoms with Crippen molar-refractivity contribution in [3.8, 4) is 0 Å². The molecule has 6 rings (SSSR count). The van der Waals surface area contributed by atoms with E-state index in [4.69, 9.17) is 9.47 Å². The Morgan fingerprint density at radius 2 is 1.63 bits per heavy atom. The second kappa shape index (κ2) is 24.3. The fourth-order valence-electron chi connectivity index (χ4n) is 7.64. The summed E-state index contributed by atoms with van der Waals surface area (Å²) in [7, 11) is 1.60. The molecule has 2 unspecified atom stereocenters. The van der Waals surface area contributed by atoms with E-state index in [0.29, 0.717) is 35.5 Å². The van der Waals surface area contributed by atoms with Gasteiger partial charge in [-0.2, -0.15) is 0 Å². The van der Waals surface area contributed by atoms with E-state index in [0.717, 1.165) is 26.5 Å². The van der Waals surface area contributed by atoms with Crippen molar-refractivity contribution >= 4 is 76.6 Å². The number of nitrogens with one attached hydrogen (secondary N) is 6. The molecule has 1 fully saturated rings. The molecule has 3 aliphatic heterocycles. The van der Waals surface area contributed by atoms with E-state index in [1.807, 2.05) is 24.5 Å². The topological polar surface area (TPSA) is 274 Å².